The van der Waals surface area contributed by atoms with Crippen LogP contribution in [0.2, 0.25) is 5.02 Å². The zero-order valence-corrected chi connectivity index (χ0v) is 13.2. The molecule has 6 nitrogen and oxygen atoms in total. The maximum Gasteiger partial charge on any atom is 0.255 e. The lowest BCUT2D eigenvalue weighted by Gasteiger charge is -2.28. The van der Waals surface area contributed by atoms with E-state index in [9.17, 15) is 18.7 Å². The van der Waals surface area contributed by atoms with Gasteiger partial charge in [-0.2, -0.15) is 5.10 Å². The van der Waals surface area contributed by atoms with Gasteiger partial charge in [0.05, 0.1) is 41.7 Å². The Hall–Kier alpha value is -2.03. The maximum atomic E-state index is 13.4. The van der Waals surface area contributed by atoms with Gasteiger partial charge in [0.1, 0.15) is 6.10 Å². The van der Waals surface area contributed by atoms with Gasteiger partial charge in [0.15, 0.2) is 11.6 Å². The SMILES string of the molecule is O=C(c1cc(F)c(F)cc1Cl)N1CCn2nc([C@H](O)CO)cc2C1. The minimum Gasteiger partial charge on any atom is -0.393 e. The molecule has 0 spiro atoms. The summed E-state index contributed by atoms with van der Waals surface area (Å²) in [5.74, 6) is -2.77. The summed E-state index contributed by atoms with van der Waals surface area (Å²) in [4.78, 5) is 14.0. The van der Waals surface area contributed by atoms with Crippen LogP contribution in [0.5, 0.6) is 0 Å². The topological polar surface area (TPSA) is 78.6 Å². The minimum absolute atomic E-state index is 0.112. The van der Waals surface area contributed by atoms with Gasteiger partial charge < -0.3 is 15.1 Å². The molecule has 0 radical (unpaired) electrons. The molecule has 1 aliphatic heterocycles. The number of aliphatic hydroxyl groups is 2. The molecule has 1 aliphatic rings. The van der Waals surface area contributed by atoms with E-state index >= 15 is 0 Å². The molecular formula is C15H14ClF2N3O3. The second-order valence-electron chi connectivity index (χ2n) is 5.45. The van der Waals surface area contributed by atoms with Crippen molar-refractivity contribution in [2.24, 2.45) is 0 Å². The molecule has 24 heavy (non-hydrogen) atoms. The van der Waals surface area contributed by atoms with E-state index in [2.05, 4.69) is 5.10 Å². The number of carbonyl (C=O) groups excluding carboxylic acids is 1. The lowest BCUT2D eigenvalue weighted by atomic mass is 10.1. The van der Waals surface area contributed by atoms with Gasteiger partial charge in [-0.25, -0.2) is 8.78 Å². The Morgan fingerprint density at radius 2 is 2.00 bits per heavy atom. The van der Waals surface area contributed by atoms with Crippen molar-refractivity contribution >= 4 is 17.5 Å². The minimum atomic E-state index is -1.14. The smallest absolute Gasteiger partial charge is 0.255 e. The predicted octanol–water partition coefficient (Wildman–Crippen LogP) is 1.50. The number of amides is 1. The molecule has 0 saturated carbocycles. The van der Waals surface area contributed by atoms with E-state index in [0.29, 0.717) is 24.5 Å². The van der Waals surface area contributed by atoms with Crippen LogP contribution in [0.3, 0.4) is 0 Å². The molecule has 0 unspecified atom stereocenters. The quantitative estimate of drug-likeness (QED) is 0.816. The Morgan fingerprint density at radius 3 is 2.71 bits per heavy atom. The molecule has 1 amide bonds. The molecule has 9 heteroatoms. The van der Waals surface area contributed by atoms with Crippen LogP contribution in [0.1, 0.15) is 27.8 Å². The van der Waals surface area contributed by atoms with Crippen LogP contribution in [-0.4, -0.2) is 44.0 Å². The number of halogens is 3. The van der Waals surface area contributed by atoms with Crippen LogP contribution >= 0.6 is 11.6 Å². The standard InChI is InChI=1S/C15H14ClF2N3O3/c16-10-5-12(18)11(17)4-9(10)15(24)20-1-2-21-8(6-20)3-13(19-21)14(23)7-22/h3-5,14,22-23H,1-2,6-7H2/t14-/m1/s1. The van der Waals surface area contributed by atoms with Gasteiger partial charge in [-0.3, -0.25) is 9.48 Å². The van der Waals surface area contributed by atoms with Crippen molar-refractivity contribution in [1.29, 1.82) is 0 Å². The third kappa shape index (κ3) is 3.00. The Balaban J connectivity index is 1.84. The van der Waals surface area contributed by atoms with Gasteiger partial charge in [0.2, 0.25) is 0 Å². The third-order valence-electron chi connectivity index (χ3n) is 3.86. The first-order valence-corrected chi connectivity index (χ1v) is 7.58. The Bertz CT molecular complexity index is 797. The van der Waals surface area contributed by atoms with Gasteiger partial charge in [0.25, 0.3) is 5.91 Å². The maximum absolute atomic E-state index is 13.4. The molecule has 2 heterocycles. The zero-order valence-electron chi connectivity index (χ0n) is 12.4. The van der Waals surface area contributed by atoms with Crippen LogP contribution in [-0.2, 0) is 13.1 Å². The number of benzene rings is 1. The molecule has 0 fully saturated rings. The highest BCUT2D eigenvalue weighted by molar-refractivity contribution is 6.33. The van der Waals surface area contributed by atoms with E-state index in [1.165, 1.54) is 4.90 Å². The monoisotopic (exact) mass is 357 g/mol. The highest BCUT2D eigenvalue weighted by Gasteiger charge is 2.26. The van der Waals surface area contributed by atoms with Crippen LogP contribution in [0.4, 0.5) is 8.78 Å². The third-order valence-corrected chi connectivity index (χ3v) is 4.17. The van der Waals surface area contributed by atoms with E-state index in [1.54, 1.807) is 10.7 Å². The average molecular weight is 358 g/mol. The van der Waals surface area contributed by atoms with Crippen LogP contribution in [0.15, 0.2) is 18.2 Å². The van der Waals surface area contributed by atoms with Gasteiger partial charge in [-0.1, -0.05) is 11.6 Å². The molecule has 2 aromatic rings. The highest BCUT2D eigenvalue weighted by Crippen LogP contribution is 2.24. The van der Waals surface area contributed by atoms with Gasteiger partial charge >= 0.3 is 0 Å². The number of carbonyl (C=O) groups is 1. The molecule has 0 bridgehead atoms. The average Bonchev–Trinajstić information content (AvgIpc) is 2.99. The fourth-order valence-electron chi connectivity index (χ4n) is 2.58. The lowest BCUT2D eigenvalue weighted by molar-refractivity contribution is 0.0704. The zero-order chi connectivity index (χ0) is 17.4. The lowest BCUT2D eigenvalue weighted by Crippen LogP contribution is -2.38. The van der Waals surface area contributed by atoms with Crippen LogP contribution < -0.4 is 0 Å². The number of aliphatic hydroxyl groups excluding tert-OH is 2. The molecule has 1 aromatic heterocycles. The summed E-state index contributed by atoms with van der Waals surface area (Å²) in [6.45, 7) is 0.404. The van der Waals surface area contributed by atoms with Crippen molar-refractivity contribution in [2.75, 3.05) is 13.2 Å². The summed E-state index contributed by atoms with van der Waals surface area (Å²) in [5.41, 5.74) is 0.864. The van der Waals surface area contributed by atoms with Crippen molar-refractivity contribution in [1.82, 2.24) is 14.7 Å². The first kappa shape index (κ1) is 16.8. The number of aromatic nitrogens is 2. The molecule has 1 atom stereocenters. The van der Waals surface area contributed by atoms with E-state index in [1.807, 2.05) is 0 Å². The highest BCUT2D eigenvalue weighted by atomic mass is 35.5. The number of fused-ring (bicyclic) bond motifs is 1. The van der Waals surface area contributed by atoms with Crippen LogP contribution in [0, 0.1) is 11.6 Å². The summed E-state index contributed by atoms with van der Waals surface area (Å²) in [5, 5.41) is 22.6. The normalized spacial score (nSPS) is 15.3. The van der Waals surface area contributed by atoms with Gasteiger partial charge in [-0.15, -0.1) is 0 Å². The Labute approximate surface area is 140 Å². The van der Waals surface area contributed by atoms with E-state index < -0.39 is 30.3 Å². The van der Waals surface area contributed by atoms with Crippen molar-refractivity contribution in [2.45, 2.75) is 19.2 Å². The number of hydrogen-bond donors (Lipinski definition) is 2. The number of nitrogens with zero attached hydrogens (tertiary/aromatic N) is 3. The molecule has 2 N–H and O–H groups in total. The van der Waals surface area contributed by atoms with E-state index in [0.717, 1.165) is 12.1 Å². The molecule has 3 rings (SSSR count). The molecule has 1 aromatic carbocycles. The molecule has 0 saturated heterocycles. The van der Waals surface area contributed by atoms with E-state index in [4.69, 9.17) is 16.7 Å². The second kappa shape index (κ2) is 6.46. The molecule has 128 valence electrons. The summed E-state index contributed by atoms with van der Waals surface area (Å²) < 4.78 is 28.2. The van der Waals surface area contributed by atoms with Gasteiger partial charge in [-0.05, 0) is 18.2 Å². The summed E-state index contributed by atoms with van der Waals surface area (Å²) in [7, 11) is 0. The first-order chi connectivity index (χ1) is 11.4. The Morgan fingerprint density at radius 1 is 1.29 bits per heavy atom. The molecule has 0 aliphatic carbocycles. The van der Waals surface area contributed by atoms with Crippen molar-refractivity contribution < 1.29 is 23.8 Å². The fraction of sp³-hybridized carbons (Fsp3) is 0.333. The van der Waals surface area contributed by atoms with Crippen molar-refractivity contribution in [3.05, 3.63) is 51.8 Å². The largest absolute Gasteiger partial charge is 0.393 e. The Kier molecular flexibility index (Phi) is 4.53. The summed E-state index contributed by atoms with van der Waals surface area (Å²) in [6, 6.07) is 3.15. The second-order valence-corrected chi connectivity index (χ2v) is 5.86. The summed E-state index contributed by atoms with van der Waals surface area (Å²) >= 11 is 5.85. The first-order valence-electron chi connectivity index (χ1n) is 7.20. The van der Waals surface area contributed by atoms with Crippen molar-refractivity contribution in [3.8, 4) is 0 Å². The number of rotatable bonds is 3. The molecular weight excluding hydrogens is 344 g/mol. The van der Waals surface area contributed by atoms with E-state index in [-0.39, 0.29) is 17.1 Å². The number of hydrogen-bond acceptors (Lipinski definition) is 4. The summed E-state index contributed by atoms with van der Waals surface area (Å²) in [6.07, 6.45) is -1.09. The fourth-order valence-corrected chi connectivity index (χ4v) is 2.81. The van der Waals surface area contributed by atoms with Crippen LogP contribution in [0.25, 0.3) is 0 Å². The van der Waals surface area contributed by atoms with Crippen molar-refractivity contribution in [3.63, 3.8) is 0 Å². The predicted molar refractivity (Wildman–Crippen MR) is 80.4 cm³/mol. The van der Waals surface area contributed by atoms with Gasteiger partial charge in [0, 0.05) is 6.54 Å².